The lowest BCUT2D eigenvalue weighted by atomic mass is 9.82. The first kappa shape index (κ1) is 13.0. The van der Waals surface area contributed by atoms with E-state index in [4.69, 9.17) is 10.5 Å². The first-order chi connectivity index (χ1) is 7.50. The molecule has 3 heteroatoms. The predicted molar refractivity (Wildman–Crippen MR) is 64.1 cm³/mol. The molecule has 0 radical (unpaired) electrons. The van der Waals surface area contributed by atoms with E-state index in [9.17, 15) is 4.39 Å². The van der Waals surface area contributed by atoms with Crippen LogP contribution >= 0.6 is 0 Å². The fourth-order valence-electron chi connectivity index (χ4n) is 1.85. The van der Waals surface area contributed by atoms with E-state index in [1.807, 2.05) is 6.07 Å². The number of rotatable bonds is 5. The van der Waals surface area contributed by atoms with Crippen LogP contribution in [0.15, 0.2) is 18.2 Å². The van der Waals surface area contributed by atoms with Gasteiger partial charge < -0.3 is 10.5 Å². The summed E-state index contributed by atoms with van der Waals surface area (Å²) >= 11 is 0. The maximum atomic E-state index is 13.9. The van der Waals surface area contributed by atoms with Gasteiger partial charge in [0.05, 0.1) is 7.11 Å². The van der Waals surface area contributed by atoms with Gasteiger partial charge in [-0.2, -0.15) is 0 Å². The summed E-state index contributed by atoms with van der Waals surface area (Å²) in [6.45, 7) is 4.82. The Bertz CT molecular complexity index is 350. The van der Waals surface area contributed by atoms with Gasteiger partial charge in [-0.05, 0) is 36.4 Å². The molecule has 0 aliphatic carbocycles. The highest BCUT2D eigenvalue weighted by Gasteiger charge is 2.20. The third-order valence-corrected chi connectivity index (χ3v) is 2.75. The molecule has 0 aromatic heterocycles. The molecule has 0 amide bonds. The topological polar surface area (TPSA) is 35.2 Å². The zero-order chi connectivity index (χ0) is 12.2. The second kappa shape index (κ2) is 5.30. The molecule has 0 unspecified atom stereocenters. The highest BCUT2D eigenvalue weighted by atomic mass is 19.1. The monoisotopic (exact) mass is 225 g/mol. The second-order valence-electron chi connectivity index (χ2n) is 4.81. The summed E-state index contributed by atoms with van der Waals surface area (Å²) < 4.78 is 18.8. The van der Waals surface area contributed by atoms with Crippen molar-refractivity contribution < 1.29 is 9.13 Å². The number of benzene rings is 1. The third-order valence-electron chi connectivity index (χ3n) is 2.75. The van der Waals surface area contributed by atoms with Crippen LogP contribution in [0.25, 0.3) is 0 Å². The van der Waals surface area contributed by atoms with E-state index in [1.54, 1.807) is 12.1 Å². The molecule has 0 aliphatic rings. The van der Waals surface area contributed by atoms with Crippen molar-refractivity contribution in [3.05, 3.63) is 29.6 Å². The van der Waals surface area contributed by atoms with Gasteiger partial charge in [0.1, 0.15) is 0 Å². The molecule has 1 aromatic rings. The van der Waals surface area contributed by atoms with Gasteiger partial charge in [0, 0.05) is 0 Å². The summed E-state index contributed by atoms with van der Waals surface area (Å²) in [5.41, 5.74) is 6.25. The molecule has 0 aliphatic heterocycles. The molecule has 16 heavy (non-hydrogen) atoms. The number of hydrogen-bond donors (Lipinski definition) is 1. The largest absolute Gasteiger partial charge is 0.494 e. The summed E-state index contributed by atoms with van der Waals surface area (Å²) in [6.07, 6.45) is 1.55. The average Bonchev–Trinajstić information content (AvgIpc) is 2.21. The Morgan fingerprint density at radius 3 is 2.62 bits per heavy atom. The summed E-state index contributed by atoms with van der Waals surface area (Å²) in [4.78, 5) is 0. The lowest BCUT2D eigenvalue weighted by Crippen LogP contribution is -2.20. The standard InChI is InChI=1S/C13H20FNO/c1-13(2,7-8-15)9-10-5-4-6-11(16-3)12(10)14/h4-6H,7-9,15H2,1-3H3. The first-order valence-electron chi connectivity index (χ1n) is 5.51. The zero-order valence-electron chi connectivity index (χ0n) is 10.2. The molecule has 0 fully saturated rings. The van der Waals surface area contributed by atoms with Gasteiger partial charge in [-0.3, -0.25) is 0 Å². The van der Waals surface area contributed by atoms with Crippen LogP contribution in [0.4, 0.5) is 4.39 Å². The third kappa shape index (κ3) is 3.20. The van der Waals surface area contributed by atoms with Gasteiger partial charge in [-0.1, -0.05) is 26.0 Å². The van der Waals surface area contributed by atoms with Gasteiger partial charge in [-0.25, -0.2) is 4.39 Å². The fourth-order valence-corrected chi connectivity index (χ4v) is 1.85. The molecule has 0 saturated carbocycles. The van der Waals surface area contributed by atoms with Crippen LogP contribution in [-0.2, 0) is 6.42 Å². The first-order valence-corrected chi connectivity index (χ1v) is 5.51. The molecule has 2 nitrogen and oxygen atoms in total. The number of hydrogen-bond acceptors (Lipinski definition) is 2. The Balaban J connectivity index is 2.89. The molecule has 1 aromatic carbocycles. The van der Waals surface area contributed by atoms with E-state index < -0.39 is 0 Å². The fraction of sp³-hybridized carbons (Fsp3) is 0.538. The van der Waals surface area contributed by atoms with Crippen LogP contribution in [0.5, 0.6) is 5.75 Å². The minimum Gasteiger partial charge on any atom is -0.494 e. The van der Waals surface area contributed by atoms with Crippen molar-refractivity contribution in [3.63, 3.8) is 0 Å². The minimum atomic E-state index is -0.255. The van der Waals surface area contributed by atoms with Crippen LogP contribution in [0.3, 0.4) is 0 Å². The van der Waals surface area contributed by atoms with E-state index in [0.29, 0.717) is 24.3 Å². The Hall–Kier alpha value is -1.09. The quantitative estimate of drug-likeness (QED) is 0.836. The van der Waals surface area contributed by atoms with E-state index >= 15 is 0 Å². The molecule has 0 bridgehead atoms. The SMILES string of the molecule is COc1cccc(CC(C)(C)CCN)c1F. The van der Waals surface area contributed by atoms with E-state index in [0.717, 1.165) is 6.42 Å². The minimum absolute atomic E-state index is 0.0158. The molecule has 0 heterocycles. The Morgan fingerprint density at radius 2 is 2.06 bits per heavy atom. The lowest BCUT2D eigenvalue weighted by Gasteiger charge is -2.24. The van der Waals surface area contributed by atoms with Gasteiger partial charge in [0.2, 0.25) is 0 Å². The summed E-state index contributed by atoms with van der Waals surface area (Å²) in [5, 5.41) is 0. The molecular formula is C13H20FNO. The van der Waals surface area contributed by atoms with Gasteiger partial charge >= 0.3 is 0 Å². The Morgan fingerprint density at radius 1 is 1.38 bits per heavy atom. The number of halogens is 1. The summed E-state index contributed by atoms with van der Waals surface area (Å²) in [6, 6.07) is 5.25. The number of nitrogens with two attached hydrogens (primary N) is 1. The highest BCUT2D eigenvalue weighted by molar-refractivity contribution is 5.31. The van der Waals surface area contributed by atoms with Crippen molar-refractivity contribution in [2.45, 2.75) is 26.7 Å². The van der Waals surface area contributed by atoms with Gasteiger partial charge in [0.15, 0.2) is 11.6 Å². The van der Waals surface area contributed by atoms with E-state index in [2.05, 4.69) is 13.8 Å². The van der Waals surface area contributed by atoms with Crippen molar-refractivity contribution in [1.29, 1.82) is 0 Å². The maximum absolute atomic E-state index is 13.9. The van der Waals surface area contributed by atoms with Crippen molar-refractivity contribution in [3.8, 4) is 5.75 Å². The second-order valence-corrected chi connectivity index (χ2v) is 4.81. The van der Waals surface area contributed by atoms with Crippen molar-refractivity contribution in [2.24, 2.45) is 11.1 Å². The van der Waals surface area contributed by atoms with Crippen LogP contribution < -0.4 is 10.5 Å². The van der Waals surface area contributed by atoms with Crippen molar-refractivity contribution in [2.75, 3.05) is 13.7 Å². The average molecular weight is 225 g/mol. The summed E-state index contributed by atoms with van der Waals surface area (Å²) in [7, 11) is 1.48. The normalized spacial score (nSPS) is 11.6. The zero-order valence-corrected chi connectivity index (χ0v) is 10.2. The molecule has 0 spiro atoms. The van der Waals surface area contributed by atoms with E-state index in [1.165, 1.54) is 7.11 Å². The smallest absolute Gasteiger partial charge is 0.168 e. The lowest BCUT2D eigenvalue weighted by molar-refractivity contribution is 0.328. The number of methoxy groups -OCH3 is 1. The van der Waals surface area contributed by atoms with Crippen molar-refractivity contribution in [1.82, 2.24) is 0 Å². The molecule has 0 saturated heterocycles. The predicted octanol–water partition coefficient (Wildman–Crippen LogP) is 2.75. The maximum Gasteiger partial charge on any atom is 0.168 e. The van der Waals surface area contributed by atoms with Crippen molar-refractivity contribution >= 4 is 0 Å². The molecule has 2 N–H and O–H groups in total. The van der Waals surface area contributed by atoms with Crippen LogP contribution in [0, 0.1) is 11.2 Å². The van der Waals surface area contributed by atoms with Crippen LogP contribution in [0.1, 0.15) is 25.8 Å². The molecule has 90 valence electrons. The molecule has 0 atom stereocenters. The molecule has 1 rings (SSSR count). The molecular weight excluding hydrogens is 205 g/mol. The van der Waals surface area contributed by atoms with Crippen LogP contribution in [-0.4, -0.2) is 13.7 Å². The van der Waals surface area contributed by atoms with Crippen LogP contribution in [0.2, 0.25) is 0 Å². The number of ether oxygens (including phenoxy) is 1. The van der Waals surface area contributed by atoms with E-state index in [-0.39, 0.29) is 11.2 Å². The Labute approximate surface area is 96.6 Å². The summed E-state index contributed by atoms with van der Waals surface area (Å²) in [5.74, 6) is 0.0520. The Kier molecular flexibility index (Phi) is 4.30. The van der Waals surface area contributed by atoms with Gasteiger partial charge in [0.25, 0.3) is 0 Å². The van der Waals surface area contributed by atoms with Gasteiger partial charge in [-0.15, -0.1) is 0 Å². The highest BCUT2D eigenvalue weighted by Crippen LogP contribution is 2.29.